The normalized spacial score (nSPS) is 11.0. The van der Waals surface area contributed by atoms with E-state index in [4.69, 9.17) is 14.6 Å². The lowest BCUT2D eigenvalue weighted by molar-refractivity contribution is 0.102. The molecule has 0 aromatic heterocycles. The zero-order valence-electron chi connectivity index (χ0n) is 14.7. The fourth-order valence-electron chi connectivity index (χ4n) is 2.20. The molecule has 0 bridgehead atoms. The number of primary sulfonamides is 1. The third-order valence-electron chi connectivity index (χ3n) is 3.39. The summed E-state index contributed by atoms with van der Waals surface area (Å²) in [5.41, 5.74) is 0.684. The first kappa shape index (κ1) is 19.7. The second-order valence-corrected chi connectivity index (χ2v) is 7.03. The number of nitrogens with one attached hydrogen (secondary N) is 1. The summed E-state index contributed by atoms with van der Waals surface area (Å²) in [6, 6.07) is 10.6. The maximum atomic E-state index is 12.5. The van der Waals surface area contributed by atoms with E-state index in [2.05, 4.69) is 5.32 Å². The molecule has 0 spiro atoms. The Kier molecular flexibility index (Phi) is 6.59. The number of rotatable bonds is 8. The number of ether oxygens (including phenoxy) is 2. The lowest BCUT2D eigenvalue weighted by Crippen LogP contribution is -2.15. The summed E-state index contributed by atoms with van der Waals surface area (Å²) in [6.45, 7) is 4.82. The number of anilines is 1. The zero-order chi connectivity index (χ0) is 19.2. The summed E-state index contributed by atoms with van der Waals surface area (Å²) in [6.07, 6.45) is 0.855. The van der Waals surface area contributed by atoms with Crippen LogP contribution in [0.5, 0.6) is 11.5 Å². The van der Waals surface area contributed by atoms with Crippen molar-refractivity contribution in [1.29, 1.82) is 0 Å². The smallest absolute Gasteiger partial charge is 0.255 e. The number of amides is 1. The number of benzene rings is 2. The third kappa shape index (κ3) is 5.21. The van der Waals surface area contributed by atoms with Crippen LogP contribution in [0.15, 0.2) is 47.4 Å². The Labute approximate surface area is 153 Å². The summed E-state index contributed by atoms with van der Waals surface area (Å²) in [5.74, 6) is 0.646. The van der Waals surface area contributed by atoms with Gasteiger partial charge in [0.25, 0.3) is 5.91 Å². The molecule has 3 N–H and O–H groups in total. The van der Waals surface area contributed by atoms with Gasteiger partial charge < -0.3 is 14.8 Å². The molecular formula is C18H22N2O5S. The first-order valence-electron chi connectivity index (χ1n) is 8.19. The average Bonchev–Trinajstić information content (AvgIpc) is 2.60. The van der Waals surface area contributed by atoms with Gasteiger partial charge >= 0.3 is 0 Å². The van der Waals surface area contributed by atoms with Crippen LogP contribution in [-0.4, -0.2) is 27.5 Å². The van der Waals surface area contributed by atoms with E-state index in [9.17, 15) is 13.2 Å². The Morgan fingerprint density at radius 1 is 1.08 bits per heavy atom. The summed E-state index contributed by atoms with van der Waals surface area (Å²) in [5, 5.41) is 7.75. The first-order chi connectivity index (χ1) is 12.3. The average molecular weight is 378 g/mol. The summed E-state index contributed by atoms with van der Waals surface area (Å²) >= 11 is 0. The molecule has 2 aromatic carbocycles. The molecule has 0 aliphatic rings. The van der Waals surface area contributed by atoms with Gasteiger partial charge in [0.15, 0.2) is 11.5 Å². The fourth-order valence-corrected chi connectivity index (χ4v) is 2.76. The highest BCUT2D eigenvalue weighted by Crippen LogP contribution is 2.29. The Bertz CT molecular complexity index is 881. The molecule has 0 radical (unpaired) electrons. The maximum absolute atomic E-state index is 12.5. The van der Waals surface area contributed by atoms with Crippen molar-refractivity contribution in [1.82, 2.24) is 0 Å². The van der Waals surface area contributed by atoms with Crippen LogP contribution >= 0.6 is 0 Å². The van der Waals surface area contributed by atoms with Gasteiger partial charge in [-0.3, -0.25) is 4.79 Å². The molecule has 2 rings (SSSR count). The molecule has 140 valence electrons. The van der Waals surface area contributed by atoms with Gasteiger partial charge in [0, 0.05) is 11.3 Å². The number of hydrogen-bond donors (Lipinski definition) is 2. The molecule has 0 heterocycles. The summed E-state index contributed by atoms with van der Waals surface area (Å²) in [7, 11) is -3.84. The number of carbonyl (C=O) groups excluding carboxylic acids is 1. The van der Waals surface area contributed by atoms with Crippen LogP contribution in [0.4, 0.5) is 5.69 Å². The van der Waals surface area contributed by atoms with Crippen molar-refractivity contribution in [3.63, 3.8) is 0 Å². The van der Waals surface area contributed by atoms with E-state index in [0.717, 1.165) is 6.42 Å². The molecule has 8 heteroatoms. The highest BCUT2D eigenvalue weighted by Gasteiger charge is 2.13. The molecule has 7 nitrogen and oxygen atoms in total. The van der Waals surface area contributed by atoms with E-state index >= 15 is 0 Å². The van der Waals surface area contributed by atoms with Crippen molar-refractivity contribution in [3.8, 4) is 11.5 Å². The quantitative estimate of drug-likeness (QED) is 0.734. The minimum atomic E-state index is -3.84. The standard InChI is InChI=1S/C18H22N2O5S/c1-3-10-25-16-9-8-13(11-17(16)24-4-2)18(21)20-14-6-5-7-15(12-14)26(19,22)23/h5-9,11-12H,3-4,10H2,1-2H3,(H,20,21)(H2,19,22,23). The molecule has 2 aromatic rings. The first-order valence-corrected chi connectivity index (χ1v) is 9.73. The van der Waals surface area contributed by atoms with Crippen LogP contribution in [0.2, 0.25) is 0 Å². The maximum Gasteiger partial charge on any atom is 0.255 e. The van der Waals surface area contributed by atoms with Gasteiger partial charge in [0.1, 0.15) is 0 Å². The van der Waals surface area contributed by atoms with Gasteiger partial charge in [0.05, 0.1) is 18.1 Å². The van der Waals surface area contributed by atoms with Crippen molar-refractivity contribution >= 4 is 21.6 Å². The van der Waals surface area contributed by atoms with Crippen molar-refractivity contribution in [2.24, 2.45) is 5.14 Å². The van der Waals surface area contributed by atoms with E-state index in [1.165, 1.54) is 18.2 Å². The van der Waals surface area contributed by atoms with Crippen LogP contribution in [0.3, 0.4) is 0 Å². The number of carbonyl (C=O) groups is 1. The van der Waals surface area contributed by atoms with Crippen molar-refractivity contribution in [2.45, 2.75) is 25.2 Å². The second kappa shape index (κ2) is 8.68. The largest absolute Gasteiger partial charge is 0.490 e. The lowest BCUT2D eigenvalue weighted by atomic mass is 10.1. The SMILES string of the molecule is CCCOc1ccc(C(=O)Nc2cccc(S(N)(=O)=O)c2)cc1OCC. The van der Waals surface area contributed by atoms with Crippen LogP contribution < -0.4 is 19.9 Å². The van der Waals surface area contributed by atoms with Crippen LogP contribution in [0.25, 0.3) is 0 Å². The highest BCUT2D eigenvalue weighted by molar-refractivity contribution is 7.89. The Morgan fingerprint density at radius 2 is 1.85 bits per heavy atom. The second-order valence-electron chi connectivity index (χ2n) is 5.47. The predicted octanol–water partition coefficient (Wildman–Crippen LogP) is 2.77. The zero-order valence-corrected chi connectivity index (χ0v) is 15.5. The summed E-state index contributed by atoms with van der Waals surface area (Å²) in [4.78, 5) is 12.4. The predicted molar refractivity (Wildman–Crippen MR) is 99.2 cm³/mol. The molecule has 0 fully saturated rings. The lowest BCUT2D eigenvalue weighted by Gasteiger charge is -2.13. The molecule has 0 aliphatic heterocycles. The molecule has 0 unspecified atom stereocenters. The van der Waals surface area contributed by atoms with E-state index in [1.54, 1.807) is 24.3 Å². The monoisotopic (exact) mass is 378 g/mol. The van der Waals surface area contributed by atoms with Gasteiger partial charge in [-0.15, -0.1) is 0 Å². The minimum absolute atomic E-state index is 0.0754. The van der Waals surface area contributed by atoms with Crippen LogP contribution in [-0.2, 0) is 10.0 Å². The topological polar surface area (TPSA) is 108 Å². The van der Waals surface area contributed by atoms with E-state index < -0.39 is 15.9 Å². The van der Waals surface area contributed by atoms with Gasteiger partial charge in [-0.05, 0) is 49.7 Å². The van der Waals surface area contributed by atoms with E-state index in [1.807, 2.05) is 13.8 Å². The molecule has 26 heavy (non-hydrogen) atoms. The van der Waals surface area contributed by atoms with Gasteiger partial charge in [-0.2, -0.15) is 0 Å². The molecule has 1 amide bonds. The number of nitrogens with two attached hydrogens (primary N) is 1. The van der Waals surface area contributed by atoms with Gasteiger partial charge in [0.2, 0.25) is 10.0 Å². The fraction of sp³-hybridized carbons (Fsp3) is 0.278. The van der Waals surface area contributed by atoms with Gasteiger partial charge in [-0.25, -0.2) is 13.6 Å². The number of sulfonamides is 1. The molecular weight excluding hydrogens is 356 g/mol. The van der Waals surface area contributed by atoms with Crippen molar-refractivity contribution in [2.75, 3.05) is 18.5 Å². The number of hydrogen-bond acceptors (Lipinski definition) is 5. The molecule has 0 atom stereocenters. The minimum Gasteiger partial charge on any atom is -0.490 e. The summed E-state index contributed by atoms with van der Waals surface area (Å²) < 4.78 is 34.0. The third-order valence-corrected chi connectivity index (χ3v) is 4.30. The van der Waals surface area contributed by atoms with E-state index in [-0.39, 0.29) is 4.90 Å². The Hall–Kier alpha value is -2.58. The van der Waals surface area contributed by atoms with E-state index in [0.29, 0.717) is 36.0 Å². The molecule has 0 saturated carbocycles. The molecule has 0 saturated heterocycles. The van der Waals surface area contributed by atoms with Crippen molar-refractivity contribution in [3.05, 3.63) is 48.0 Å². The highest BCUT2D eigenvalue weighted by atomic mass is 32.2. The van der Waals surface area contributed by atoms with Crippen molar-refractivity contribution < 1.29 is 22.7 Å². The van der Waals surface area contributed by atoms with Crippen LogP contribution in [0, 0.1) is 0 Å². The Morgan fingerprint density at radius 3 is 2.50 bits per heavy atom. The van der Waals surface area contributed by atoms with Crippen LogP contribution in [0.1, 0.15) is 30.6 Å². The molecule has 0 aliphatic carbocycles. The Balaban J connectivity index is 2.23. The van der Waals surface area contributed by atoms with Gasteiger partial charge in [-0.1, -0.05) is 13.0 Å².